The normalized spacial score (nSPS) is 11.6. The van der Waals surface area contributed by atoms with E-state index in [1.807, 2.05) is 13.8 Å². The molecule has 3 N–H and O–H groups in total. The maximum absolute atomic E-state index is 13.9. The lowest BCUT2D eigenvalue weighted by Crippen LogP contribution is -2.42. The monoisotopic (exact) mass is 618 g/mol. The molecule has 0 aliphatic rings. The van der Waals surface area contributed by atoms with Crippen molar-refractivity contribution < 1.29 is 28.7 Å². The number of H-pyrrole nitrogens is 1. The van der Waals surface area contributed by atoms with Gasteiger partial charge < -0.3 is 30.0 Å². The minimum Gasteiger partial charge on any atom is -0.466 e. The van der Waals surface area contributed by atoms with Crippen LogP contribution in [0.3, 0.4) is 0 Å². The van der Waals surface area contributed by atoms with E-state index in [2.05, 4.69) is 42.3 Å². The smallest absolute Gasteiger partial charge is 0.328 e. The summed E-state index contributed by atoms with van der Waals surface area (Å²) in [4.78, 5) is 65.6. The van der Waals surface area contributed by atoms with Crippen LogP contribution >= 0.6 is 0 Å². The van der Waals surface area contributed by atoms with Gasteiger partial charge in [0.15, 0.2) is 0 Å². The quantitative estimate of drug-likeness (QED) is 0.200. The Morgan fingerprint density at radius 1 is 1.02 bits per heavy atom. The Bertz CT molecular complexity index is 1590. The number of amides is 2. The van der Waals surface area contributed by atoms with Crippen LogP contribution in [0.15, 0.2) is 30.9 Å². The van der Waals surface area contributed by atoms with Gasteiger partial charge in [0.2, 0.25) is 5.91 Å². The van der Waals surface area contributed by atoms with E-state index in [-0.39, 0.29) is 43.2 Å². The van der Waals surface area contributed by atoms with Gasteiger partial charge in [0.1, 0.15) is 18.0 Å². The van der Waals surface area contributed by atoms with Gasteiger partial charge in [0.05, 0.1) is 46.7 Å². The summed E-state index contributed by atoms with van der Waals surface area (Å²) in [6.45, 7) is 14.2. The van der Waals surface area contributed by atoms with Gasteiger partial charge in [-0.3, -0.25) is 14.4 Å². The summed E-state index contributed by atoms with van der Waals surface area (Å²) in [5.41, 5.74) is 1.91. The number of esters is 2. The Morgan fingerprint density at radius 3 is 2.38 bits per heavy atom. The summed E-state index contributed by atoms with van der Waals surface area (Å²) in [7, 11) is 0. The number of hydrogen-bond donors (Lipinski definition) is 3. The molecule has 12 nitrogen and oxygen atoms in total. The van der Waals surface area contributed by atoms with Crippen LogP contribution in [-0.4, -0.2) is 71.1 Å². The highest BCUT2D eigenvalue weighted by Gasteiger charge is 2.29. The van der Waals surface area contributed by atoms with Gasteiger partial charge in [0, 0.05) is 37.3 Å². The highest BCUT2D eigenvalue weighted by atomic mass is 16.5. The van der Waals surface area contributed by atoms with E-state index < -0.39 is 29.3 Å². The first-order valence-corrected chi connectivity index (χ1v) is 15.1. The lowest BCUT2D eigenvalue weighted by Gasteiger charge is -2.27. The highest BCUT2D eigenvalue weighted by Crippen LogP contribution is 2.33. The molecule has 1 aromatic carbocycles. The van der Waals surface area contributed by atoms with Gasteiger partial charge in [0.25, 0.3) is 5.91 Å². The topological polar surface area (TPSA) is 156 Å². The number of nitrogens with zero attached hydrogens (tertiary/aromatic N) is 3. The summed E-state index contributed by atoms with van der Waals surface area (Å²) in [5, 5.41) is 6.39. The van der Waals surface area contributed by atoms with Gasteiger partial charge in [-0.1, -0.05) is 32.6 Å². The van der Waals surface area contributed by atoms with E-state index in [0.29, 0.717) is 35.6 Å². The third-order valence-corrected chi connectivity index (χ3v) is 6.95. The standard InChI is InChI=1S/C33H42N6O6/c1-8-39(9-2)26-16-14-23(30(41)37-25(31(42)45-11-4)15-17-27(40)44-10-3)28(38-32(43)33(5,6)7)22(26)13-12-21-18-35-29-24(21)19-34-20-36-29/h14,16,18-20,25H,8-11,15,17H2,1-7H3,(H,37,41)(H,38,43)(H,34,35,36)/t25-/m0/s1. The van der Waals surface area contributed by atoms with Crippen molar-refractivity contribution in [3.8, 4) is 11.8 Å². The zero-order valence-electron chi connectivity index (χ0n) is 27.0. The number of carbonyl (C=O) groups excluding carboxylic acids is 4. The fraction of sp³-hybridized carbons (Fsp3) is 0.455. The fourth-order valence-electron chi connectivity index (χ4n) is 4.48. The van der Waals surface area contributed by atoms with Gasteiger partial charge in [-0.05, 0) is 46.2 Å². The molecule has 0 radical (unpaired) electrons. The minimum atomic E-state index is -1.13. The molecule has 2 heterocycles. The molecule has 0 bridgehead atoms. The summed E-state index contributed by atoms with van der Waals surface area (Å²) < 4.78 is 10.2. The van der Waals surface area contributed by atoms with E-state index in [0.717, 1.165) is 5.39 Å². The van der Waals surface area contributed by atoms with Gasteiger partial charge in [-0.15, -0.1) is 0 Å². The minimum absolute atomic E-state index is 0.0279. The van der Waals surface area contributed by atoms with Crippen LogP contribution in [0.1, 0.15) is 82.8 Å². The summed E-state index contributed by atoms with van der Waals surface area (Å²) in [5.74, 6) is 4.23. The second-order valence-electron chi connectivity index (χ2n) is 11.1. The van der Waals surface area contributed by atoms with Crippen LogP contribution in [0.25, 0.3) is 11.0 Å². The maximum Gasteiger partial charge on any atom is 0.328 e. The molecule has 2 aromatic heterocycles. The predicted molar refractivity (Wildman–Crippen MR) is 172 cm³/mol. The van der Waals surface area contributed by atoms with E-state index in [9.17, 15) is 19.2 Å². The average molecular weight is 619 g/mol. The van der Waals surface area contributed by atoms with Crippen molar-refractivity contribution >= 4 is 46.2 Å². The summed E-state index contributed by atoms with van der Waals surface area (Å²) >= 11 is 0. The average Bonchev–Trinajstić information content (AvgIpc) is 3.42. The molecule has 3 rings (SSSR count). The third-order valence-electron chi connectivity index (χ3n) is 6.95. The van der Waals surface area contributed by atoms with Gasteiger partial charge in [-0.2, -0.15) is 0 Å². The van der Waals surface area contributed by atoms with Crippen molar-refractivity contribution in [2.75, 3.05) is 36.5 Å². The highest BCUT2D eigenvalue weighted by molar-refractivity contribution is 6.08. The molecule has 45 heavy (non-hydrogen) atoms. The molecule has 1 atom stereocenters. The van der Waals surface area contributed by atoms with Crippen molar-refractivity contribution in [2.24, 2.45) is 5.41 Å². The molecule has 240 valence electrons. The third kappa shape index (κ3) is 8.81. The number of carbonyl (C=O) groups is 4. The van der Waals surface area contributed by atoms with E-state index in [1.54, 1.807) is 59.1 Å². The molecule has 0 unspecified atom stereocenters. The number of ether oxygens (including phenoxy) is 2. The second kappa shape index (κ2) is 15.7. The van der Waals surface area contributed by atoms with Gasteiger partial charge in [-0.25, -0.2) is 14.8 Å². The number of benzene rings is 1. The van der Waals surface area contributed by atoms with E-state index in [4.69, 9.17) is 9.47 Å². The molecule has 12 heteroatoms. The maximum atomic E-state index is 13.9. The number of anilines is 2. The predicted octanol–water partition coefficient (Wildman–Crippen LogP) is 4.19. The van der Waals surface area contributed by atoms with E-state index in [1.165, 1.54) is 6.33 Å². The molecular formula is C33H42N6O6. The number of hydrogen-bond acceptors (Lipinski definition) is 9. The Labute approximate surface area is 263 Å². The Morgan fingerprint density at radius 2 is 1.73 bits per heavy atom. The van der Waals surface area contributed by atoms with Crippen molar-refractivity contribution in [3.63, 3.8) is 0 Å². The number of aromatic nitrogens is 3. The Hall–Kier alpha value is -4.92. The number of fused-ring (bicyclic) bond motifs is 1. The van der Waals surface area contributed by atoms with Crippen molar-refractivity contribution in [3.05, 3.63) is 47.5 Å². The van der Waals surface area contributed by atoms with Gasteiger partial charge >= 0.3 is 11.9 Å². The van der Waals surface area contributed by atoms with Crippen molar-refractivity contribution in [2.45, 2.75) is 67.3 Å². The number of nitrogens with one attached hydrogen (secondary N) is 3. The van der Waals surface area contributed by atoms with Crippen LogP contribution in [0.2, 0.25) is 0 Å². The SMILES string of the molecule is CCOC(=O)CC[C@H](NC(=O)c1ccc(N(CC)CC)c(C#Cc2c[nH]c3ncncc23)c1NC(=O)C(C)(C)C)C(=O)OCC. The molecular weight excluding hydrogens is 576 g/mol. The molecule has 0 aliphatic heterocycles. The molecule has 0 saturated carbocycles. The summed E-state index contributed by atoms with van der Waals surface area (Å²) in [6.07, 6.45) is 4.69. The zero-order chi connectivity index (χ0) is 33.1. The fourth-order valence-corrected chi connectivity index (χ4v) is 4.48. The van der Waals surface area contributed by atoms with Crippen LogP contribution in [0.4, 0.5) is 11.4 Å². The molecule has 0 fully saturated rings. The van der Waals surface area contributed by atoms with Crippen molar-refractivity contribution in [1.29, 1.82) is 0 Å². The Kier molecular flexibility index (Phi) is 12.1. The largest absolute Gasteiger partial charge is 0.466 e. The summed E-state index contributed by atoms with van der Waals surface area (Å²) in [6, 6.07) is 2.24. The second-order valence-corrected chi connectivity index (χ2v) is 11.1. The molecule has 2 amide bonds. The Balaban J connectivity index is 2.19. The first kappa shape index (κ1) is 34.6. The van der Waals surface area contributed by atoms with Crippen LogP contribution in [0.5, 0.6) is 0 Å². The van der Waals surface area contributed by atoms with Crippen LogP contribution in [0, 0.1) is 17.3 Å². The number of rotatable bonds is 12. The van der Waals surface area contributed by atoms with Crippen molar-refractivity contribution in [1.82, 2.24) is 20.3 Å². The molecule has 0 aliphatic carbocycles. The lowest BCUT2D eigenvalue weighted by molar-refractivity contribution is -0.146. The molecule has 3 aromatic rings. The number of aromatic amines is 1. The molecule has 0 spiro atoms. The van der Waals surface area contributed by atoms with E-state index >= 15 is 0 Å². The molecule has 0 saturated heterocycles. The zero-order valence-corrected chi connectivity index (χ0v) is 27.0. The lowest BCUT2D eigenvalue weighted by atomic mass is 9.94. The van der Waals surface area contributed by atoms with Crippen LogP contribution in [-0.2, 0) is 23.9 Å². The van der Waals surface area contributed by atoms with Crippen LogP contribution < -0.4 is 15.5 Å². The first-order valence-electron chi connectivity index (χ1n) is 15.1. The first-order chi connectivity index (χ1) is 21.4.